The van der Waals surface area contributed by atoms with Crippen LogP contribution in [-0.4, -0.2) is 250 Å². The van der Waals surface area contributed by atoms with Crippen LogP contribution in [0.4, 0.5) is 23.1 Å². The van der Waals surface area contributed by atoms with Gasteiger partial charge in [0.1, 0.15) is 23.8 Å². The van der Waals surface area contributed by atoms with E-state index in [1.54, 1.807) is 43.7 Å². The van der Waals surface area contributed by atoms with Gasteiger partial charge in [0, 0.05) is 113 Å². The Balaban J connectivity index is 1.15. The molecule has 15 N–H and O–H groups in total. The Labute approximate surface area is 540 Å². The lowest BCUT2D eigenvalue weighted by atomic mass is 10.0. The van der Waals surface area contributed by atoms with Gasteiger partial charge in [-0.05, 0) is 129 Å². The minimum atomic E-state index is -1.55. The number of nitrogen functional groups attached to an aromatic ring is 1. The maximum Gasteiger partial charge on any atom is 0.326 e. The van der Waals surface area contributed by atoms with Crippen molar-refractivity contribution >= 4 is 105 Å². The number of carboxylic acids is 5. The normalized spacial score (nSPS) is 16.2. The van der Waals surface area contributed by atoms with Gasteiger partial charge >= 0.3 is 29.8 Å². The SMILES string of the molecule is CN1c2c(nc(N)[nH]c2=O)NC[C@H]1CNc1ccc(C(=O)N[C@@H](CCC(=O)N[C@@H](CCCCNC(=O)CN2CCN(CC(=O)O)CCN(CC(=O)O)CCN(CC(=O)O)CC2)C(=O)N[C@@H](CCCCNC(=O)CCCCc2ccc(I)cc2)C(=O)O)C(=O)O)cc1. The Kier molecular flexibility index (Phi) is 31.1. The molecule has 0 saturated carbocycles. The number of carbonyl (C=O) groups is 10. The van der Waals surface area contributed by atoms with E-state index in [0.29, 0.717) is 56.0 Å². The first kappa shape index (κ1) is 73.5. The number of hydrogen-bond donors (Lipinski definition) is 14. The van der Waals surface area contributed by atoms with Gasteiger partial charge in [-0.25, -0.2) is 9.59 Å². The van der Waals surface area contributed by atoms with Crippen LogP contribution >= 0.6 is 22.6 Å². The minimum absolute atomic E-state index is 0.0143. The van der Waals surface area contributed by atoms with Crippen molar-refractivity contribution in [2.45, 2.75) is 101 Å². The molecule has 3 heterocycles. The Bertz CT molecular complexity index is 2960. The number of aromatic amines is 1. The molecule has 2 aromatic carbocycles. The predicted molar refractivity (Wildman–Crippen MR) is 344 cm³/mol. The van der Waals surface area contributed by atoms with Gasteiger partial charge in [0.2, 0.25) is 29.6 Å². The summed E-state index contributed by atoms with van der Waals surface area (Å²) in [5, 5.41) is 68.5. The number of fused-ring (bicyclic) bond motifs is 1. The fourth-order valence-corrected chi connectivity index (χ4v) is 10.7. The molecule has 3 aromatic rings. The molecule has 0 unspecified atom stereocenters. The number of carboxylic acid groups (broad SMARTS) is 5. The smallest absolute Gasteiger partial charge is 0.326 e. The fourth-order valence-electron chi connectivity index (χ4n) is 10.3. The first-order valence-electron chi connectivity index (χ1n) is 30.3. The highest BCUT2D eigenvalue weighted by Crippen LogP contribution is 2.25. The van der Waals surface area contributed by atoms with E-state index < -0.39 is 90.0 Å². The van der Waals surface area contributed by atoms with Crippen LogP contribution in [0, 0.1) is 3.57 Å². The molecule has 0 aliphatic carbocycles. The third-order valence-electron chi connectivity index (χ3n) is 15.4. The van der Waals surface area contributed by atoms with Crippen LogP contribution in [-0.2, 0) is 49.6 Å². The highest BCUT2D eigenvalue weighted by molar-refractivity contribution is 14.1. The topological polar surface area (TPSA) is 444 Å². The van der Waals surface area contributed by atoms with Crippen LogP contribution in [0.3, 0.4) is 0 Å². The summed E-state index contributed by atoms with van der Waals surface area (Å²) in [5.74, 6) is -8.63. The molecule has 4 atom stereocenters. The van der Waals surface area contributed by atoms with Crippen molar-refractivity contribution in [1.29, 1.82) is 0 Å². The van der Waals surface area contributed by atoms with Gasteiger partial charge in [-0.15, -0.1) is 0 Å². The van der Waals surface area contributed by atoms with Crippen molar-refractivity contribution in [1.82, 2.24) is 56.2 Å². The number of unbranched alkanes of at least 4 members (excludes halogenated alkanes) is 3. The highest BCUT2D eigenvalue weighted by atomic mass is 127. The zero-order chi connectivity index (χ0) is 66.4. The summed E-state index contributed by atoms with van der Waals surface area (Å²) in [6, 6.07) is 9.92. The second-order valence-corrected chi connectivity index (χ2v) is 23.7. The zero-order valence-electron chi connectivity index (χ0n) is 51.1. The number of hydrogen-bond acceptors (Lipinski definition) is 20. The van der Waals surface area contributed by atoms with Crippen molar-refractivity contribution in [3.63, 3.8) is 0 Å². The largest absolute Gasteiger partial charge is 0.480 e. The van der Waals surface area contributed by atoms with E-state index in [1.807, 2.05) is 12.1 Å². The Morgan fingerprint density at radius 3 is 1.66 bits per heavy atom. The summed E-state index contributed by atoms with van der Waals surface area (Å²) in [5.41, 5.74) is 7.54. The monoisotopic (exact) mass is 1390 g/mol. The Morgan fingerprint density at radius 2 is 1.12 bits per heavy atom. The fraction of sp³-hybridized carbons (Fsp3) is 0.559. The number of carbonyl (C=O) groups excluding carboxylic acids is 5. The lowest BCUT2D eigenvalue weighted by Crippen LogP contribution is -2.52. The highest BCUT2D eigenvalue weighted by Gasteiger charge is 2.30. The molecular formula is C59H86IN15O16. The Hall–Kier alpha value is -8.21. The van der Waals surface area contributed by atoms with Crippen LogP contribution in [0.2, 0.25) is 0 Å². The van der Waals surface area contributed by atoms with Crippen LogP contribution in [0.5, 0.6) is 0 Å². The molecule has 5 amide bonds. The van der Waals surface area contributed by atoms with Gasteiger partial charge in [0.05, 0.1) is 32.2 Å². The molecule has 0 bridgehead atoms. The molecule has 0 radical (unpaired) electrons. The van der Waals surface area contributed by atoms with E-state index in [9.17, 15) is 78.3 Å². The third kappa shape index (κ3) is 27.4. The number of nitrogens with one attached hydrogen (secondary N) is 8. The van der Waals surface area contributed by atoms with Crippen molar-refractivity contribution in [2.24, 2.45) is 0 Å². The first-order valence-corrected chi connectivity index (χ1v) is 31.4. The summed E-state index contributed by atoms with van der Waals surface area (Å²) >= 11 is 2.24. The number of likely N-dealkylation sites (N-methyl/N-ethyl adjacent to an activating group) is 1. The molecule has 2 aliphatic rings. The first-order chi connectivity index (χ1) is 43.4. The third-order valence-corrected chi connectivity index (χ3v) is 16.1. The molecule has 0 spiro atoms. The number of anilines is 4. The number of halogens is 1. The summed E-state index contributed by atoms with van der Waals surface area (Å²) in [6.07, 6.45) is 2.95. The molecule has 91 heavy (non-hydrogen) atoms. The molecule has 5 rings (SSSR count). The van der Waals surface area contributed by atoms with Gasteiger partial charge in [0.15, 0.2) is 5.82 Å². The predicted octanol–water partition coefficient (Wildman–Crippen LogP) is -0.222. The average molecular weight is 1390 g/mol. The van der Waals surface area contributed by atoms with E-state index in [-0.39, 0.29) is 141 Å². The van der Waals surface area contributed by atoms with Crippen LogP contribution in [0.15, 0.2) is 53.3 Å². The maximum atomic E-state index is 13.9. The molecule has 1 saturated heterocycles. The summed E-state index contributed by atoms with van der Waals surface area (Å²) in [7, 11) is 1.75. The van der Waals surface area contributed by atoms with Crippen LogP contribution < -0.4 is 53.4 Å². The minimum Gasteiger partial charge on any atom is -0.480 e. The molecule has 500 valence electrons. The van der Waals surface area contributed by atoms with Crippen molar-refractivity contribution in [3.8, 4) is 0 Å². The number of benzene rings is 2. The van der Waals surface area contributed by atoms with E-state index in [2.05, 4.69) is 81.9 Å². The summed E-state index contributed by atoms with van der Waals surface area (Å²) in [4.78, 5) is 154. The van der Waals surface area contributed by atoms with E-state index in [0.717, 1.165) is 16.4 Å². The number of rotatable bonds is 36. The molecular weight excluding hydrogens is 1300 g/mol. The number of H-pyrrole nitrogens is 1. The van der Waals surface area contributed by atoms with Gasteiger partial charge < -0.3 is 73.4 Å². The molecule has 1 aromatic heterocycles. The van der Waals surface area contributed by atoms with E-state index in [4.69, 9.17) is 5.73 Å². The molecule has 31 nitrogen and oxygen atoms in total. The second kappa shape index (κ2) is 38.5. The number of amides is 5. The number of aryl methyl sites for hydroxylation is 1. The molecule has 32 heteroatoms. The lowest BCUT2D eigenvalue weighted by Gasteiger charge is -2.35. The number of aromatic nitrogens is 2. The van der Waals surface area contributed by atoms with Crippen molar-refractivity contribution in [3.05, 3.63) is 73.6 Å². The second-order valence-electron chi connectivity index (χ2n) is 22.5. The molecule has 2 aliphatic heterocycles. The van der Waals surface area contributed by atoms with Gasteiger partial charge in [-0.3, -0.25) is 67.7 Å². The number of nitrogens with zero attached hydrogens (tertiary/aromatic N) is 6. The van der Waals surface area contributed by atoms with Gasteiger partial charge in [-0.1, -0.05) is 12.1 Å². The van der Waals surface area contributed by atoms with E-state index >= 15 is 0 Å². The van der Waals surface area contributed by atoms with Crippen molar-refractivity contribution < 1.29 is 73.5 Å². The summed E-state index contributed by atoms with van der Waals surface area (Å²) in [6.45, 7) is 1.65. The number of aliphatic carboxylic acids is 5. The zero-order valence-corrected chi connectivity index (χ0v) is 53.3. The number of nitrogens with two attached hydrogens (primary N) is 1. The van der Waals surface area contributed by atoms with Gasteiger partial charge in [-0.2, -0.15) is 4.98 Å². The standard InChI is InChI=1S/C59H86IN15O16/c1-71-42(33-65-53-52(71)56(87)70-59(61)69-53)32-64-41-18-14-39(15-19-41)54(85)67-45(58(90)91)20-21-47(77)66-43(55(86)68-44(57(88)89)10-5-7-22-62-46(76)11-3-2-8-38-12-16-40(60)17-13-38)9-4-6-23-63-48(78)34-72-24-26-73(35-49(79)80)28-30-75(37-51(83)84)31-29-74(27-25-72)36-50(81)82/h12-19,42-45,64H,2-11,20-37H2,1H3,(H,62,76)(H,63,78)(H,66,77)(H,67,85)(H,68,86)(H,79,80)(H,81,82)(H,83,84)(H,88,89)(H,90,91)(H4,61,65,69,70,87)/t42-,43+,44+,45+/m1/s1. The average Bonchev–Trinajstić information content (AvgIpc) is 0.874. The molecule has 1 fully saturated rings. The maximum absolute atomic E-state index is 13.9. The van der Waals surface area contributed by atoms with Gasteiger partial charge in [0.25, 0.3) is 11.5 Å². The van der Waals surface area contributed by atoms with Crippen LogP contribution in [0.25, 0.3) is 0 Å². The summed E-state index contributed by atoms with van der Waals surface area (Å²) < 4.78 is 1.14. The quantitative estimate of drug-likeness (QED) is 0.0264. The Morgan fingerprint density at radius 1 is 0.604 bits per heavy atom. The van der Waals surface area contributed by atoms with E-state index in [1.165, 1.54) is 17.7 Å². The van der Waals surface area contributed by atoms with Crippen LogP contribution in [0.1, 0.15) is 86.6 Å². The van der Waals surface area contributed by atoms with Crippen molar-refractivity contribution in [2.75, 3.05) is 133 Å². The lowest BCUT2D eigenvalue weighted by molar-refractivity contribution is -0.142.